The van der Waals surface area contributed by atoms with Crippen molar-refractivity contribution in [1.82, 2.24) is 0 Å². The summed E-state index contributed by atoms with van der Waals surface area (Å²) in [5, 5.41) is 0. The quantitative estimate of drug-likeness (QED) is 0.0213. The summed E-state index contributed by atoms with van der Waals surface area (Å²) < 4.78 is 76.8. The number of rotatable bonds is 60. The molecule has 69 heavy (non-hydrogen) atoms. The van der Waals surface area contributed by atoms with Gasteiger partial charge in [0.15, 0.2) is 0 Å². The molecular weight excluding hydrogens is 928 g/mol. The Morgan fingerprint density at radius 3 is 0.348 bits per heavy atom. The molecule has 4 atom stereocenters. The van der Waals surface area contributed by atoms with Crippen LogP contribution in [0.25, 0.3) is 0 Å². The minimum Gasteiger partial charge on any atom is -0.381 e. The highest BCUT2D eigenvalue weighted by molar-refractivity contribution is 4.65. The van der Waals surface area contributed by atoms with Crippen LogP contribution in [0.15, 0.2) is 0 Å². The Morgan fingerprint density at radius 1 is 0.145 bits per heavy atom. The van der Waals surface area contributed by atoms with Gasteiger partial charge in [-0.1, -0.05) is 0 Å². The fourth-order valence-electron chi connectivity index (χ4n) is 5.73. The van der Waals surface area contributed by atoms with Crippen LogP contribution in [0, 0.1) is 35.5 Å². The lowest BCUT2D eigenvalue weighted by atomic mass is 10.1. The van der Waals surface area contributed by atoms with Gasteiger partial charge < -0.3 is 100 Å². The Labute approximate surface area is 407 Å². The molecule has 0 amide bonds. The van der Waals surface area contributed by atoms with E-state index in [1.165, 1.54) is 0 Å². The maximum Gasteiger partial charge on any atom is 0.0913 e. The maximum atomic E-state index is 6.25. The van der Waals surface area contributed by atoms with E-state index in [0.29, 0.717) is 159 Å². The Kier molecular flexibility index (Phi) is 55.2. The van der Waals surface area contributed by atoms with Crippen LogP contribution in [0.3, 0.4) is 0 Å². The van der Waals surface area contributed by atoms with Crippen molar-refractivity contribution < 1.29 is 100 Å². The number of hydrogen-bond donors (Lipinski definition) is 8. The van der Waals surface area contributed by atoms with Crippen molar-refractivity contribution in [2.24, 2.45) is 82.7 Å². The zero-order chi connectivity index (χ0) is 50.4. The molecule has 29 heteroatoms. The second-order valence-corrected chi connectivity index (χ2v) is 15.4. The van der Waals surface area contributed by atoms with Gasteiger partial charge in [-0.2, -0.15) is 0 Å². The molecule has 4 unspecified atom stereocenters. The fourth-order valence-corrected chi connectivity index (χ4v) is 5.73. The van der Waals surface area contributed by atoms with Crippen molar-refractivity contribution in [3.63, 3.8) is 0 Å². The first-order chi connectivity index (χ1) is 34.0. The molecule has 16 N–H and O–H groups in total. The van der Waals surface area contributed by atoms with E-state index in [-0.39, 0.29) is 102 Å². The van der Waals surface area contributed by atoms with Crippen LogP contribution in [0.1, 0.15) is 0 Å². The van der Waals surface area contributed by atoms with E-state index < -0.39 is 0 Å². The zero-order valence-electron chi connectivity index (χ0n) is 40.7. The smallest absolute Gasteiger partial charge is 0.0913 e. The molecule has 0 radical (unpaired) electrons. The summed E-state index contributed by atoms with van der Waals surface area (Å²) in [7, 11) is 0. The summed E-state index contributed by atoms with van der Waals surface area (Å²) in [6.45, 7) is 10.2. The van der Waals surface area contributed by atoms with Crippen LogP contribution in [-0.2, 0) is 100 Å². The van der Waals surface area contributed by atoms with Crippen molar-refractivity contribution >= 4 is 0 Å². The molecule has 0 aliphatic heterocycles. The van der Waals surface area contributed by atoms with E-state index in [0.717, 1.165) is 0 Å². The Morgan fingerprint density at radius 2 is 0.246 bits per heavy atom. The van der Waals surface area contributed by atoms with Gasteiger partial charge in [-0.25, -0.2) is 47.2 Å². The van der Waals surface area contributed by atoms with Crippen LogP contribution in [0.4, 0.5) is 0 Å². The lowest BCUT2D eigenvalue weighted by molar-refractivity contribution is -0.0713. The lowest BCUT2D eigenvalue weighted by Crippen LogP contribution is -2.31. The van der Waals surface area contributed by atoms with E-state index in [9.17, 15) is 0 Å². The molecule has 0 saturated carbocycles. The molecule has 0 aliphatic rings. The van der Waals surface area contributed by atoms with Gasteiger partial charge in [-0.3, -0.25) is 0 Å². The molecule has 416 valence electrons. The van der Waals surface area contributed by atoms with Crippen LogP contribution >= 0.6 is 0 Å². The third kappa shape index (κ3) is 47.6. The normalized spacial score (nSPS) is 13.8. The van der Waals surface area contributed by atoms with Crippen molar-refractivity contribution in [2.45, 2.75) is 0 Å². The number of nitrogens with two attached hydrogens (primary N) is 8. The first-order valence-corrected chi connectivity index (χ1v) is 23.0. The molecule has 0 aromatic heterocycles. The molecule has 0 bridgehead atoms. The molecule has 0 saturated heterocycles. The third-order valence-electron chi connectivity index (χ3n) is 9.13. The van der Waals surface area contributed by atoms with Crippen LogP contribution in [0.5, 0.6) is 0 Å². The minimum atomic E-state index is -0.170. The monoisotopic (exact) mass is 1020 g/mol. The maximum absolute atomic E-state index is 6.25. The SMILES string of the molecule is NOCCOCC(COCCON)COCC(COCCON)COCC(COCCON)COCC(COCCON)COCC(COCCON)COCC(COCCON)COCCON. The second-order valence-electron chi connectivity index (χ2n) is 15.4. The zero-order valence-corrected chi connectivity index (χ0v) is 40.7. The van der Waals surface area contributed by atoms with Crippen LogP contribution in [0.2, 0.25) is 0 Å². The summed E-state index contributed by atoms with van der Waals surface area (Å²) in [5.74, 6) is 40.5. The van der Waals surface area contributed by atoms with Gasteiger partial charge in [0.1, 0.15) is 0 Å². The average molecular weight is 1020 g/mol. The summed E-state index contributed by atoms with van der Waals surface area (Å²) in [6.07, 6.45) is 0. The molecular formula is C40H90N8O21. The summed E-state index contributed by atoms with van der Waals surface area (Å²) in [6, 6.07) is 0. The molecule has 0 aromatic rings. The first kappa shape index (κ1) is 67.8. The van der Waals surface area contributed by atoms with Crippen molar-refractivity contribution in [3.8, 4) is 0 Å². The van der Waals surface area contributed by atoms with Gasteiger partial charge >= 0.3 is 0 Å². The molecule has 0 aromatic carbocycles. The van der Waals surface area contributed by atoms with Crippen molar-refractivity contribution in [2.75, 3.05) is 225 Å². The highest BCUT2D eigenvalue weighted by atomic mass is 16.7. The first-order valence-electron chi connectivity index (χ1n) is 23.0. The van der Waals surface area contributed by atoms with E-state index in [4.69, 9.17) is 109 Å². The predicted octanol–water partition coefficient (Wildman–Crippen LogP) is -3.98. The van der Waals surface area contributed by atoms with Crippen LogP contribution < -0.4 is 47.2 Å². The van der Waals surface area contributed by atoms with Gasteiger partial charge in [0.2, 0.25) is 0 Å². The number of ether oxygens (including phenoxy) is 13. The van der Waals surface area contributed by atoms with E-state index in [2.05, 4.69) is 38.7 Å². The van der Waals surface area contributed by atoms with Crippen molar-refractivity contribution in [3.05, 3.63) is 0 Å². The van der Waals surface area contributed by atoms with Gasteiger partial charge in [-0.05, 0) is 0 Å². The largest absolute Gasteiger partial charge is 0.381 e. The molecule has 0 fully saturated rings. The second kappa shape index (κ2) is 56.1. The molecule has 0 spiro atoms. The molecule has 29 nitrogen and oxygen atoms in total. The molecule has 0 rings (SSSR count). The van der Waals surface area contributed by atoms with E-state index in [1.807, 2.05) is 0 Å². The highest BCUT2D eigenvalue weighted by Gasteiger charge is 2.20. The third-order valence-corrected chi connectivity index (χ3v) is 9.13. The van der Waals surface area contributed by atoms with Gasteiger partial charge in [0.25, 0.3) is 0 Å². The summed E-state index contributed by atoms with van der Waals surface area (Å²) >= 11 is 0. The molecule has 0 heterocycles. The number of hydrogen-bond acceptors (Lipinski definition) is 29. The predicted molar refractivity (Wildman–Crippen MR) is 243 cm³/mol. The Hall–Kier alpha value is -1.16. The van der Waals surface area contributed by atoms with Gasteiger partial charge in [-0.15, -0.1) is 0 Å². The highest BCUT2D eigenvalue weighted by Crippen LogP contribution is 2.11. The Bertz CT molecular complexity index is 900. The topological polar surface area (TPSA) is 402 Å². The van der Waals surface area contributed by atoms with Gasteiger partial charge in [0, 0.05) is 35.5 Å². The average Bonchev–Trinajstić information content (AvgIpc) is 3.35. The summed E-state index contributed by atoms with van der Waals surface area (Å²) in [4.78, 5) is 37.0. The summed E-state index contributed by atoms with van der Waals surface area (Å²) in [5.41, 5.74) is 0. The minimum absolute atomic E-state index is 0.0861. The lowest BCUT2D eigenvalue weighted by Gasteiger charge is -2.24. The standard InChI is InChI=1S/C40H90N8O21/c41-62-9-1-49-17-35(18-50-2-10-63-42)25-57-27-37(21-53-5-13-66-45)29-59-31-39(23-55-7-15-68-47)33-61-34-40(24-56-8-16-69-48)32-60-30-38(22-54-6-14-67-46)28-58-26-36(19-51-3-11-64-43)20-52-4-12-65-44/h35-40H,1-34,41-48H2. The van der Waals surface area contributed by atoms with Crippen LogP contribution in [-0.4, -0.2) is 225 Å². The van der Waals surface area contributed by atoms with Gasteiger partial charge in [0.05, 0.1) is 225 Å². The van der Waals surface area contributed by atoms with E-state index >= 15 is 0 Å². The molecule has 0 aliphatic carbocycles. The Balaban J connectivity index is 5.55. The van der Waals surface area contributed by atoms with E-state index in [1.54, 1.807) is 0 Å². The fraction of sp³-hybridized carbons (Fsp3) is 1.00. The van der Waals surface area contributed by atoms with Crippen molar-refractivity contribution in [1.29, 1.82) is 0 Å².